The molecule has 5 heteroatoms. The Labute approximate surface area is 117 Å². The van der Waals surface area contributed by atoms with Gasteiger partial charge in [0.05, 0.1) is 12.2 Å². The number of aryl methyl sites for hydroxylation is 2. The van der Waals surface area contributed by atoms with Crippen molar-refractivity contribution < 1.29 is 0 Å². The third kappa shape index (κ3) is 2.54. The molecular formula is C15H16N4O. The Balaban J connectivity index is 2.51. The monoisotopic (exact) mass is 268 g/mol. The maximum Gasteiger partial charge on any atom is 0.356 e. The van der Waals surface area contributed by atoms with Gasteiger partial charge in [-0.1, -0.05) is 24.1 Å². The van der Waals surface area contributed by atoms with E-state index in [0.717, 1.165) is 16.8 Å². The van der Waals surface area contributed by atoms with E-state index in [1.165, 1.54) is 10.9 Å². The lowest BCUT2D eigenvalue weighted by atomic mass is 10.1. The van der Waals surface area contributed by atoms with Crippen LogP contribution in [0, 0.1) is 26.2 Å². The van der Waals surface area contributed by atoms with Crippen molar-refractivity contribution in [1.29, 1.82) is 0 Å². The number of hydrogen-bond acceptors (Lipinski definition) is 4. The number of hydrogen-bond donors (Lipinski definition) is 0. The molecule has 0 unspecified atom stereocenters. The van der Waals surface area contributed by atoms with E-state index in [1.807, 2.05) is 32.0 Å². The van der Waals surface area contributed by atoms with Crippen molar-refractivity contribution in [2.45, 2.75) is 13.8 Å². The Bertz CT molecular complexity index is 707. The summed E-state index contributed by atoms with van der Waals surface area (Å²) in [6.45, 7) is 4.26. The van der Waals surface area contributed by atoms with Gasteiger partial charge >= 0.3 is 5.69 Å². The van der Waals surface area contributed by atoms with Gasteiger partial charge in [-0.2, -0.15) is 4.98 Å². The first-order chi connectivity index (χ1) is 9.54. The summed E-state index contributed by atoms with van der Waals surface area (Å²) in [5, 5.41) is 0. The Kier molecular flexibility index (Phi) is 3.85. The van der Waals surface area contributed by atoms with E-state index in [0.29, 0.717) is 12.5 Å². The quantitative estimate of drug-likeness (QED) is 0.788. The second-order valence-corrected chi connectivity index (χ2v) is 4.61. The molecule has 1 aromatic carbocycles. The van der Waals surface area contributed by atoms with Crippen LogP contribution in [0.5, 0.6) is 0 Å². The minimum atomic E-state index is -0.365. The molecule has 0 atom stereocenters. The standard InChI is InChI=1S/C15H16N4O/c1-5-9-18(4)14-16-10-19(15(20)17-14)13-11(2)7-6-8-12(13)3/h1,6-8,10H,9H2,2-4H3. The second kappa shape index (κ2) is 5.57. The number of anilines is 1. The van der Waals surface area contributed by atoms with Crippen LogP contribution in [-0.2, 0) is 0 Å². The third-order valence-corrected chi connectivity index (χ3v) is 3.04. The lowest BCUT2D eigenvalue weighted by molar-refractivity contribution is 0.819. The molecular weight excluding hydrogens is 252 g/mol. The first-order valence-corrected chi connectivity index (χ1v) is 6.21. The molecule has 2 rings (SSSR count). The summed E-state index contributed by atoms with van der Waals surface area (Å²) in [4.78, 5) is 22.0. The van der Waals surface area contributed by atoms with Crippen LogP contribution in [0.25, 0.3) is 5.69 Å². The van der Waals surface area contributed by atoms with Gasteiger partial charge in [0.15, 0.2) is 0 Å². The molecule has 0 aliphatic carbocycles. The molecule has 102 valence electrons. The highest BCUT2D eigenvalue weighted by Crippen LogP contribution is 2.16. The normalized spacial score (nSPS) is 10.1. The zero-order valence-corrected chi connectivity index (χ0v) is 11.8. The maximum atomic E-state index is 12.2. The highest BCUT2D eigenvalue weighted by atomic mass is 16.1. The third-order valence-electron chi connectivity index (χ3n) is 3.04. The van der Waals surface area contributed by atoms with Crippen molar-refractivity contribution in [3.05, 3.63) is 46.1 Å². The fourth-order valence-electron chi connectivity index (χ4n) is 2.06. The van der Waals surface area contributed by atoms with Gasteiger partial charge < -0.3 is 4.90 Å². The lowest BCUT2D eigenvalue weighted by Crippen LogP contribution is -2.28. The van der Waals surface area contributed by atoms with Gasteiger partial charge in [-0.05, 0) is 25.0 Å². The number of para-hydroxylation sites is 1. The molecule has 1 aromatic heterocycles. The molecule has 0 fully saturated rings. The first kappa shape index (κ1) is 13.8. The van der Waals surface area contributed by atoms with Crippen molar-refractivity contribution in [2.75, 3.05) is 18.5 Å². The molecule has 5 nitrogen and oxygen atoms in total. The average molecular weight is 268 g/mol. The van der Waals surface area contributed by atoms with Crippen LogP contribution >= 0.6 is 0 Å². The van der Waals surface area contributed by atoms with Gasteiger partial charge in [0.25, 0.3) is 0 Å². The fraction of sp³-hybridized carbons (Fsp3) is 0.267. The number of aromatic nitrogens is 3. The summed E-state index contributed by atoms with van der Waals surface area (Å²) in [6.07, 6.45) is 6.73. The fourth-order valence-corrected chi connectivity index (χ4v) is 2.06. The van der Waals surface area contributed by atoms with Gasteiger partial charge in [-0.15, -0.1) is 6.42 Å². The van der Waals surface area contributed by atoms with E-state index in [9.17, 15) is 4.79 Å². The summed E-state index contributed by atoms with van der Waals surface area (Å²) < 4.78 is 1.46. The Morgan fingerprint density at radius 1 is 1.35 bits per heavy atom. The molecule has 0 amide bonds. The Morgan fingerprint density at radius 3 is 2.55 bits per heavy atom. The predicted molar refractivity (Wildman–Crippen MR) is 79.2 cm³/mol. The molecule has 0 saturated carbocycles. The lowest BCUT2D eigenvalue weighted by Gasteiger charge is -2.15. The molecule has 0 spiro atoms. The molecule has 0 N–H and O–H groups in total. The highest BCUT2D eigenvalue weighted by Gasteiger charge is 2.10. The van der Waals surface area contributed by atoms with Gasteiger partial charge in [0.2, 0.25) is 5.95 Å². The molecule has 0 aliphatic heterocycles. The van der Waals surface area contributed by atoms with E-state index < -0.39 is 0 Å². The summed E-state index contributed by atoms with van der Waals surface area (Å²) in [5.74, 6) is 2.82. The topological polar surface area (TPSA) is 51.0 Å². The van der Waals surface area contributed by atoms with E-state index in [1.54, 1.807) is 11.9 Å². The van der Waals surface area contributed by atoms with E-state index in [4.69, 9.17) is 6.42 Å². The van der Waals surface area contributed by atoms with Crippen LogP contribution in [0.2, 0.25) is 0 Å². The van der Waals surface area contributed by atoms with Crippen LogP contribution in [0.15, 0.2) is 29.3 Å². The minimum absolute atomic E-state index is 0.329. The Hall–Kier alpha value is -2.61. The van der Waals surface area contributed by atoms with Crippen LogP contribution in [0.3, 0.4) is 0 Å². The first-order valence-electron chi connectivity index (χ1n) is 6.21. The average Bonchev–Trinajstić information content (AvgIpc) is 2.40. The summed E-state index contributed by atoms with van der Waals surface area (Å²) >= 11 is 0. The predicted octanol–water partition coefficient (Wildman–Crippen LogP) is 1.31. The number of terminal acetylenes is 1. The van der Waals surface area contributed by atoms with Crippen molar-refractivity contribution in [1.82, 2.24) is 14.5 Å². The molecule has 0 radical (unpaired) electrons. The van der Waals surface area contributed by atoms with Crippen LogP contribution < -0.4 is 10.6 Å². The van der Waals surface area contributed by atoms with Gasteiger partial charge in [0, 0.05) is 7.05 Å². The van der Waals surface area contributed by atoms with Gasteiger partial charge in [0.1, 0.15) is 6.33 Å². The molecule has 0 saturated heterocycles. The zero-order valence-electron chi connectivity index (χ0n) is 11.8. The molecule has 2 aromatic rings. The molecule has 20 heavy (non-hydrogen) atoms. The van der Waals surface area contributed by atoms with Crippen LogP contribution in [0.4, 0.5) is 5.95 Å². The smallest absolute Gasteiger partial charge is 0.333 e. The van der Waals surface area contributed by atoms with Crippen molar-refractivity contribution >= 4 is 5.95 Å². The largest absolute Gasteiger partial charge is 0.356 e. The van der Waals surface area contributed by atoms with E-state index in [2.05, 4.69) is 15.9 Å². The summed E-state index contributed by atoms with van der Waals surface area (Å²) in [5.41, 5.74) is 2.46. The maximum absolute atomic E-state index is 12.2. The molecule has 0 bridgehead atoms. The molecule has 0 aliphatic rings. The van der Waals surface area contributed by atoms with Crippen LogP contribution in [-0.4, -0.2) is 28.1 Å². The Morgan fingerprint density at radius 2 is 2.00 bits per heavy atom. The number of rotatable bonds is 3. The van der Waals surface area contributed by atoms with Crippen molar-refractivity contribution in [3.63, 3.8) is 0 Å². The van der Waals surface area contributed by atoms with Gasteiger partial charge in [-0.25, -0.2) is 9.78 Å². The van der Waals surface area contributed by atoms with E-state index >= 15 is 0 Å². The summed E-state index contributed by atoms with van der Waals surface area (Å²) in [6, 6.07) is 5.86. The van der Waals surface area contributed by atoms with E-state index in [-0.39, 0.29) is 5.69 Å². The van der Waals surface area contributed by atoms with Gasteiger partial charge in [-0.3, -0.25) is 4.57 Å². The number of benzene rings is 1. The van der Waals surface area contributed by atoms with Crippen LogP contribution in [0.1, 0.15) is 11.1 Å². The molecule has 1 heterocycles. The summed E-state index contributed by atoms with van der Waals surface area (Å²) in [7, 11) is 1.75. The second-order valence-electron chi connectivity index (χ2n) is 4.61. The minimum Gasteiger partial charge on any atom is -0.333 e. The number of nitrogens with zero attached hydrogens (tertiary/aromatic N) is 4. The highest BCUT2D eigenvalue weighted by molar-refractivity contribution is 5.46. The van der Waals surface area contributed by atoms with Crippen molar-refractivity contribution in [2.24, 2.45) is 0 Å². The zero-order chi connectivity index (χ0) is 14.7. The van der Waals surface area contributed by atoms with Crippen molar-refractivity contribution in [3.8, 4) is 18.0 Å². The SMILES string of the molecule is C#CCN(C)c1ncn(-c2c(C)cccc2C)c(=O)n1.